The molecule has 0 aliphatic rings. The zero-order valence-corrected chi connectivity index (χ0v) is 9.05. The standard InChI is InChI=1S/C12H13N3O/c1-2-16-10-5-3-9(4-6-10)12-14-8-7-11(13)15-12/h3-8H,2H2,1H3,(H2,13,14,15). The second-order valence-corrected chi connectivity index (χ2v) is 3.26. The summed E-state index contributed by atoms with van der Waals surface area (Å²) >= 11 is 0. The Hall–Kier alpha value is -2.10. The molecule has 0 amide bonds. The van der Waals surface area contributed by atoms with Crippen molar-refractivity contribution in [2.24, 2.45) is 0 Å². The Labute approximate surface area is 94.1 Å². The van der Waals surface area contributed by atoms with Gasteiger partial charge in [0, 0.05) is 11.8 Å². The SMILES string of the molecule is CCOc1ccc(-c2nccc(N)n2)cc1. The van der Waals surface area contributed by atoms with Gasteiger partial charge in [0.25, 0.3) is 0 Å². The number of anilines is 1. The maximum absolute atomic E-state index is 5.60. The highest BCUT2D eigenvalue weighted by Crippen LogP contribution is 2.19. The van der Waals surface area contributed by atoms with Crippen LogP contribution in [0.5, 0.6) is 5.75 Å². The van der Waals surface area contributed by atoms with Gasteiger partial charge in [0.15, 0.2) is 5.82 Å². The molecule has 0 aliphatic carbocycles. The first-order valence-corrected chi connectivity index (χ1v) is 5.11. The number of aromatic nitrogens is 2. The third-order valence-electron chi connectivity index (χ3n) is 2.10. The molecule has 0 saturated carbocycles. The van der Waals surface area contributed by atoms with E-state index in [-0.39, 0.29) is 0 Å². The van der Waals surface area contributed by atoms with Gasteiger partial charge in [-0.15, -0.1) is 0 Å². The molecule has 0 fully saturated rings. The van der Waals surface area contributed by atoms with E-state index in [4.69, 9.17) is 10.5 Å². The van der Waals surface area contributed by atoms with Gasteiger partial charge in [0.2, 0.25) is 0 Å². The highest BCUT2D eigenvalue weighted by atomic mass is 16.5. The zero-order valence-electron chi connectivity index (χ0n) is 9.05. The summed E-state index contributed by atoms with van der Waals surface area (Å²) in [6.07, 6.45) is 1.65. The molecule has 1 aromatic heterocycles. The van der Waals surface area contributed by atoms with E-state index >= 15 is 0 Å². The Kier molecular flexibility index (Phi) is 3.00. The maximum Gasteiger partial charge on any atom is 0.161 e. The van der Waals surface area contributed by atoms with Crippen molar-refractivity contribution in [2.75, 3.05) is 12.3 Å². The van der Waals surface area contributed by atoms with Crippen LogP contribution in [0.4, 0.5) is 5.82 Å². The molecule has 82 valence electrons. The molecule has 4 heteroatoms. The maximum atomic E-state index is 5.60. The van der Waals surface area contributed by atoms with Crippen molar-refractivity contribution in [3.63, 3.8) is 0 Å². The second-order valence-electron chi connectivity index (χ2n) is 3.26. The second kappa shape index (κ2) is 4.61. The lowest BCUT2D eigenvalue weighted by molar-refractivity contribution is 0.340. The topological polar surface area (TPSA) is 61.0 Å². The molecule has 4 nitrogen and oxygen atoms in total. The lowest BCUT2D eigenvalue weighted by Crippen LogP contribution is -1.95. The number of benzene rings is 1. The predicted octanol–water partition coefficient (Wildman–Crippen LogP) is 2.12. The van der Waals surface area contributed by atoms with E-state index in [2.05, 4.69) is 9.97 Å². The Balaban J connectivity index is 2.27. The highest BCUT2D eigenvalue weighted by Gasteiger charge is 2.01. The number of hydrogen-bond acceptors (Lipinski definition) is 4. The number of hydrogen-bond donors (Lipinski definition) is 1. The van der Waals surface area contributed by atoms with Gasteiger partial charge < -0.3 is 10.5 Å². The molecule has 0 atom stereocenters. The van der Waals surface area contributed by atoms with Gasteiger partial charge in [0.05, 0.1) is 6.61 Å². The molecule has 0 aliphatic heterocycles. The summed E-state index contributed by atoms with van der Waals surface area (Å²) in [7, 11) is 0. The van der Waals surface area contributed by atoms with Crippen molar-refractivity contribution >= 4 is 5.82 Å². The summed E-state index contributed by atoms with van der Waals surface area (Å²) in [5.41, 5.74) is 6.52. The van der Waals surface area contributed by atoms with E-state index in [1.807, 2.05) is 31.2 Å². The van der Waals surface area contributed by atoms with Crippen molar-refractivity contribution in [2.45, 2.75) is 6.92 Å². The molecule has 2 rings (SSSR count). The molecule has 0 radical (unpaired) electrons. The van der Waals surface area contributed by atoms with Crippen molar-refractivity contribution in [3.05, 3.63) is 36.5 Å². The van der Waals surface area contributed by atoms with E-state index in [0.29, 0.717) is 18.2 Å². The van der Waals surface area contributed by atoms with Crippen LogP contribution >= 0.6 is 0 Å². The summed E-state index contributed by atoms with van der Waals surface area (Å²) in [4.78, 5) is 8.30. The monoisotopic (exact) mass is 215 g/mol. The normalized spacial score (nSPS) is 10.1. The molecule has 0 unspecified atom stereocenters. The first-order valence-electron chi connectivity index (χ1n) is 5.11. The number of rotatable bonds is 3. The highest BCUT2D eigenvalue weighted by molar-refractivity contribution is 5.57. The Bertz CT molecular complexity index is 468. The van der Waals surface area contributed by atoms with Crippen molar-refractivity contribution in [3.8, 4) is 17.1 Å². The first-order chi connectivity index (χ1) is 7.79. The predicted molar refractivity (Wildman–Crippen MR) is 63.0 cm³/mol. The quantitative estimate of drug-likeness (QED) is 0.851. The number of nitrogen functional groups attached to an aromatic ring is 1. The van der Waals surface area contributed by atoms with E-state index in [9.17, 15) is 0 Å². The largest absolute Gasteiger partial charge is 0.494 e. The molecular formula is C12H13N3O. The van der Waals surface area contributed by atoms with Crippen molar-refractivity contribution in [1.29, 1.82) is 0 Å². The number of nitrogens with two attached hydrogens (primary N) is 1. The fourth-order valence-corrected chi connectivity index (χ4v) is 1.38. The average Bonchev–Trinajstić information content (AvgIpc) is 2.30. The van der Waals surface area contributed by atoms with Gasteiger partial charge in [0.1, 0.15) is 11.6 Å². The summed E-state index contributed by atoms with van der Waals surface area (Å²) < 4.78 is 5.35. The van der Waals surface area contributed by atoms with Crippen LogP contribution in [0.3, 0.4) is 0 Å². The minimum Gasteiger partial charge on any atom is -0.494 e. The molecule has 1 aromatic carbocycles. The fraction of sp³-hybridized carbons (Fsp3) is 0.167. The van der Waals surface area contributed by atoms with Gasteiger partial charge >= 0.3 is 0 Å². The lowest BCUT2D eigenvalue weighted by Gasteiger charge is -2.04. The summed E-state index contributed by atoms with van der Waals surface area (Å²) in [6, 6.07) is 9.29. The Morgan fingerprint density at radius 3 is 2.56 bits per heavy atom. The number of ether oxygens (including phenoxy) is 1. The van der Waals surface area contributed by atoms with Crippen molar-refractivity contribution < 1.29 is 4.74 Å². The lowest BCUT2D eigenvalue weighted by atomic mass is 10.2. The third-order valence-corrected chi connectivity index (χ3v) is 2.10. The van der Waals surface area contributed by atoms with E-state index in [0.717, 1.165) is 11.3 Å². The van der Waals surface area contributed by atoms with Crippen LogP contribution in [0.1, 0.15) is 6.92 Å². The van der Waals surface area contributed by atoms with Gasteiger partial charge in [-0.05, 0) is 37.3 Å². The Morgan fingerprint density at radius 1 is 1.19 bits per heavy atom. The molecule has 1 heterocycles. The smallest absolute Gasteiger partial charge is 0.161 e. The van der Waals surface area contributed by atoms with Crippen LogP contribution in [-0.4, -0.2) is 16.6 Å². The molecular weight excluding hydrogens is 202 g/mol. The molecule has 0 bridgehead atoms. The van der Waals surface area contributed by atoms with Crippen LogP contribution < -0.4 is 10.5 Å². The van der Waals surface area contributed by atoms with Gasteiger partial charge in [-0.25, -0.2) is 9.97 Å². The summed E-state index contributed by atoms with van der Waals surface area (Å²) in [5, 5.41) is 0. The van der Waals surface area contributed by atoms with Gasteiger partial charge in [-0.2, -0.15) is 0 Å². The zero-order chi connectivity index (χ0) is 11.4. The van der Waals surface area contributed by atoms with Crippen LogP contribution in [0, 0.1) is 0 Å². The third kappa shape index (κ3) is 2.28. The first kappa shape index (κ1) is 10.4. The van der Waals surface area contributed by atoms with E-state index in [1.165, 1.54) is 0 Å². The molecule has 0 spiro atoms. The van der Waals surface area contributed by atoms with Gasteiger partial charge in [-0.3, -0.25) is 0 Å². The summed E-state index contributed by atoms with van der Waals surface area (Å²) in [5.74, 6) is 1.94. The van der Waals surface area contributed by atoms with Crippen LogP contribution in [0.25, 0.3) is 11.4 Å². The fourth-order valence-electron chi connectivity index (χ4n) is 1.38. The van der Waals surface area contributed by atoms with Gasteiger partial charge in [-0.1, -0.05) is 0 Å². The average molecular weight is 215 g/mol. The van der Waals surface area contributed by atoms with Crippen molar-refractivity contribution in [1.82, 2.24) is 9.97 Å². The summed E-state index contributed by atoms with van der Waals surface area (Å²) in [6.45, 7) is 2.61. The molecule has 2 N–H and O–H groups in total. The minimum absolute atomic E-state index is 0.471. The molecule has 0 saturated heterocycles. The molecule has 16 heavy (non-hydrogen) atoms. The molecule has 2 aromatic rings. The Morgan fingerprint density at radius 2 is 1.94 bits per heavy atom. The van der Waals surface area contributed by atoms with Crippen LogP contribution in [0.15, 0.2) is 36.5 Å². The van der Waals surface area contributed by atoms with Crippen LogP contribution in [0.2, 0.25) is 0 Å². The number of nitrogens with zero attached hydrogens (tertiary/aromatic N) is 2. The van der Waals surface area contributed by atoms with E-state index < -0.39 is 0 Å². The van der Waals surface area contributed by atoms with E-state index in [1.54, 1.807) is 12.3 Å². The van der Waals surface area contributed by atoms with Crippen LogP contribution in [-0.2, 0) is 0 Å². The minimum atomic E-state index is 0.471.